The SMILES string of the molecule is [2H]c1nc2nc([2H])c([2H])c-2c(-c2cnn([C@H](CC#N)C3C([2H])([2H])CCC3([2H])[2H])c2)[nH]1. The molecule has 0 aromatic carbocycles. The number of rotatable bonds is 4. The van der Waals surface area contributed by atoms with E-state index in [0.29, 0.717) is 11.3 Å². The van der Waals surface area contributed by atoms with Crippen molar-refractivity contribution in [1.29, 1.82) is 5.26 Å². The molecule has 1 aromatic rings. The molecule has 0 saturated heterocycles. The summed E-state index contributed by atoms with van der Waals surface area (Å²) < 4.78 is 58.2. The summed E-state index contributed by atoms with van der Waals surface area (Å²) in [4.78, 5) is 10.5. The summed E-state index contributed by atoms with van der Waals surface area (Å²) in [5.74, 6) is -0.966. The zero-order valence-corrected chi connectivity index (χ0v) is 12.2. The number of hydrogen-bond donors (Lipinski definition) is 1. The van der Waals surface area contributed by atoms with Crippen LogP contribution in [-0.2, 0) is 0 Å². The number of nitrogens with zero attached hydrogens (tertiary/aromatic N) is 5. The molecule has 3 aliphatic rings. The van der Waals surface area contributed by atoms with Gasteiger partial charge in [0.1, 0.15) is 1.37 Å². The third kappa shape index (κ3) is 2.48. The van der Waals surface area contributed by atoms with Gasteiger partial charge in [0.15, 0.2) is 5.82 Å². The van der Waals surface area contributed by atoms with Gasteiger partial charge in [0.25, 0.3) is 0 Å². The molecule has 1 atom stereocenters. The minimum absolute atomic E-state index is 0.0648. The summed E-state index contributed by atoms with van der Waals surface area (Å²) in [5, 5.41) is 13.6. The van der Waals surface area contributed by atoms with E-state index in [9.17, 15) is 5.26 Å². The lowest BCUT2D eigenvalue weighted by atomic mass is 9.96. The van der Waals surface area contributed by atoms with E-state index in [1.165, 1.54) is 17.1 Å². The normalized spacial score (nSPS) is 25.4. The van der Waals surface area contributed by atoms with E-state index >= 15 is 0 Å². The largest absolute Gasteiger partial charge is 0.345 e. The van der Waals surface area contributed by atoms with E-state index in [1.807, 2.05) is 6.07 Å². The fourth-order valence-corrected chi connectivity index (χ4v) is 2.83. The topological polar surface area (TPSA) is 83.2 Å². The average molecular weight is 313 g/mol. The number of hydrogen-bond acceptors (Lipinski definition) is 4. The Morgan fingerprint density at radius 1 is 1.48 bits per heavy atom. The molecule has 1 fully saturated rings. The summed E-state index contributed by atoms with van der Waals surface area (Å²) >= 11 is 0. The zero-order valence-electron chi connectivity index (χ0n) is 19.2. The van der Waals surface area contributed by atoms with Crippen molar-refractivity contribution < 1.29 is 9.60 Å². The summed E-state index contributed by atoms with van der Waals surface area (Å²) in [6.07, 6.45) is -1.07. The van der Waals surface area contributed by atoms with Crippen LogP contribution in [0.5, 0.6) is 0 Å². The van der Waals surface area contributed by atoms with Crippen LogP contribution in [0, 0.1) is 17.2 Å². The Bertz CT molecular complexity index is 1100. The molecule has 1 N–H and O–H groups in total. The van der Waals surface area contributed by atoms with E-state index in [4.69, 9.17) is 9.60 Å². The van der Waals surface area contributed by atoms with E-state index in [0.717, 1.165) is 0 Å². The van der Waals surface area contributed by atoms with Crippen LogP contribution in [0.1, 0.15) is 47.6 Å². The molecule has 2 aliphatic heterocycles. The molecule has 0 amide bonds. The number of nitriles is 1. The van der Waals surface area contributed by atoms with Crippen LogP contribution in [0.2, 0.25) is 0 Å². The van der Waals surface area contributed by atoms with Gasteiger partial charge in [0.05, 0.1) is 39.5 Å². The van der Waals surface area contributed by atoms with E-state index < -0.39 is 24.7 Å². The first-order valence-electron chi connectivity index (χ1n) is 10.8. The molecule has 0 unspecified atom stereocenters. The van der Waals surface area contributed by atoms with Crippen LogP contribution < -0.4 is 0 Å². The minimum atomic E-state index is -1.79. The van der Waals surface area contributed by atoms with Gasteiger partial charge < -0.3 is 4.98 Å². The van der Waals surface area contributed by atoms with Crippen molar-refractivity contribution in [2.45, 2.75) is 38.1 Å². The fourth-order valence-electron chi connectivity index (χ4n) is 2.83. The van der Waals surface area contributed by atoms with Crippen LogP contribution in [0.25, 0.3) is 22.6 Å². The first-order valence-corrected chi connectivity index (χ1v) is 7.30. The second kappa shape index (κ2) is 5.84. The highest BCUT2D eigenvalue weighted by Crippen LogP contribution is 2.37. The molecular formula is C17H18N6. The maximum atomic E-state index is 9.31. The van der Waals surface area contributed by atoms with E-state index in [1.54, 1.807) is 0 Å². The Balaban J connectivity index is 1.81. The van der Waals surface area contributed by atoms with Crippen molar-refractivity contribution in [3.05, 3.63) is 30.9 Å². The predicted molar refractivity (Wildman–Crippen MR) is 85.5 cm³/mol. The highest BCUT2D eigenvalue weighted by Gasteiger charge is 2.27. The Morgan fingerprint density at radius 2 is 2.35 bits per heavy atom. The van der Waals surface area contributed by atoms with Crippen LogP contribution in [0.4, 0.5) is 0 Å². The molecule has 116 valence electrons. The van der Waals surface area contributed by atoms with E-state index in [2.05, 4.69) is 20.1 Å². The van der Waals surface area contributed by atoms with Crippen LogP contribution >= 0.6 is 0 Å². The average Bonchev–Trinajstić information content (AvgIpc) is 3.30. The zero-order chi connectivity index (χ0) is 21.8. The van der Waals surface area contributed by atoms with Gasteiger partial charge >= 0.3 is 0 Å². The van der Waals surface area contributed by atoms with E-state index in [-0.39, 0.29) is 49.2 Å². The van der Waals surface area contributed by atoms with Gasteiger partial charge in [-0.2, -0.15) is 10.4 Å². The lowest BCUT2D eigenvalue weighted by molar-refractivity contribution is 0.315. The number of fused-ring (bicyclic) bond motifs is 1. The van der Waals surface area contributed by atoms with Gasteiger partial charge in [0.2, 0.25) is 0 Å². The number of H-pyrrole nitrogens is 1. The minimum Gasteiger partial charge on any atom is -0.345 e. The van der Waals surface area contributed by atoms with Crippen molar-refractivity contribution in [3.8, 4) is 28.7 Å². The van der Waals surface area contributed by atoms with Crippen molar-refractivity contribution in [3.63, 3.8) is 0 Å². The number of nitrogens with one attached hydrogen (secondary N) is 1. The third-order valence-corrected chi connectivity index (χ3v) is 3.93. The standard InChI is InChI=1S/C17H18N6/c18-7-5-15(12-3-1-2-4-12)23-10-13(9-22-23)16-14-6-8-19-17(14)21-11-20-16/h6,8-12,15H,1-5H2,(H,19,20,21)/t15-/m1/s1/i3D2,4D2,6D,8D,11D. The van der Waals surface area contributed by atoms with Crippen LogP contribution in [0.15, 0.2) is 30.9 Å². The summed E-state index contributed by atoms with van der Waals surface area (Å²) in [7, 11) is 0. The maximum Gasteiger partial charge on any atom is 0.162 e. The Hall–Kier alpha value is -2.68. The van der Waals surface area contributed by atoms with Gasteiger partial charge in [-0.25, -0.2) is 9.97 Å². The van der Waals surface area contributed by atoms with Crippen LogP contribution in [0.3, 0.4) is 0 Å². The predicted octanol–water partition coefficient (Wildman–Crippen LogP) is 3.42. The number of aromatic nitrogens is 5. The monoisotopic (exact) mass is 313 g/mol. The summed E-state index contributed by atoms with van der Waals surface area (Å²) in [5.41, 5.74) is 1.03. The van der Waals surface area contributed by atoms with Gasteiger partial charge in [-0.15, -0.1) is 0 Å². The number of aromatic amines is 1. The van der Waals surface area contributed by atoms with Gasteiger partial charge in [-0.05, 0) is 24.7 Å². The van der Waals surface area contributed by atoms with Crippen molar-refractivity contribution in [2.75, 3.05) is 0 Å². The van der Waals surface area contributed by atoms with Crippen LogP contribution in [-0.4, -0.2) is 24.7 Å². The lowest BCUT2D eigenvalue weighted by Crippen LogP contribution is -2.17. The van der Waals surface area contributed by atoms with Gasteiger partial charge in [-0.1, -0.05) is 12.8 Å². The van der Waals surface area contributed by atoms with Crippen molar-refractivity contribution in [2.24, 2.45) is 5.92 Å². The quantitative estimate of drug-likeness (QED) is 0.800. The molecule has 3 heterocycles. The highest BCUT2D eigenvalue weighted by molar-refractivity contribution is 5.77. The molecule has 1 saturated carbocycles. The molecule has 6 nitrogen and oxygen atoms in total. The fraction of sp³-hybridized carbons (Fsp3) is 0.412. The third-order valence-electron chi connectivity index (χ3n) is 3.93. The molecule has 0 radical (unpaired) electrons. The Kier molecular flexibility index (Phi) is 2.10. The van der Waals surface area contributed by atoms with Crippen molar-refractivity contribution in [1.82, 2.24) is 24.7 Å². The second-order valence-corrected chi connectivity index (χ2v) is 5.30. The molecule has 0 spiro atoms. The molecule has 6 heteroatoms. The second-order valence-electron chi connectivity index (χ2n) is 5.30. The highest BCUT2D eigenvalue weighted by atomic mass is 15.3. The molecule has 1 aromatic heterocycles. The molecule has 0 bridgehead atoms. The molecular weight excluding hydrogens is 288 g/mol. The molecule has 23 heavy (non-hydrogen) atoms. The smallest absolute Gasteiger partial charge is 0.162 e. The van der Waals surface area contributed by atoms with Crippen molar-refractivity contribution >= 4 is 0 Å². The summed E-state index contributed by atoms with van der Waals surface area (Å²) in [6.45, 7) is 0. The Labute approximate surface area is 144 Å². The molecule has 1 aliphatic carbocycles. The first-order chi connectivity index (χ1) is 14.0. The Morgan fingerprint density at radius 3 is 3.17 bits per heavy atom. The lowest BCUT2D eigenvalue weighted by Gasteiger charge is -2.21. The first kappa shape index (κ1) is 8.25. The summed E-state index contributed by atoms with van der Waals surface area (Å²) in [6, 6.07) is 1.04. The molecule has 4 rings (SSSR count). The van der Waals surface area contributed by atoms with Gasteiger partial charge in [0, 0.05) is 29.0 Å². The van der Waals surface area contributed by atoms with Gasteiger partial charge in [-0.3, -0.25) is 4.68 Å². The maximum absolute atomic E-state index is 9.31.